The molecule has 0 aliphatic rings. The Labute approximate surface area is 239 Å². The maximum absolute atomic E-state index is 13.3. The van der Waals surface area contributed by atoms with Crippen LogP contribution >= 0.6 is 35.0 Å². The van der Waals surface area contributed by atoms with Crippen LogP contribution < -0.4 is 10.2 Å². The normalized spacial score (nSPS) is 11.7. The Bertz CT molecular complexity index is 1200. The molecule has 0 fully saturated rings. The predicted molar refractivity (Wildman–Crippen MR) is 159 cm³/mol. The molecule has 202 valence electrons. The van der Waals surface area contributed by atoms with Gasteiger partial charge >= 0.3 is 12.0 Å². The van der Waals surface area contributed by atoms with Gasteiger partial charge in [0.15, 0.2) is 0 Å². The number of rotatable bonds is 13. The lowest BCUT2D eigenvalue weighted by atomic mass is 9.97. The number of aliphatic carboxylic acids is 1. The van der Waals surface area contributed by atoms with Gasteiger partial charge in [0.25, 0.3) is 0 Å². The van der Waals surface area contributed by atoms with Crippen LogP contribution in [0.15, 0.2) is 76.5 Å². The topological polar surface area (TPSA) is 69.6 Å². The summed E-state index contributed by atoms with van der Waals surface area (Å²) in [6, 6.07) is 20.4. The molecule has 0 spiro atoms. The molecule has 0 heterocycles. The van der Waals surface area contributed by atoms with Gasteiger partial charge < -0.3 is 10.4 Å². The van der Waals surface area contributed by atoms with Gasteiger partial charge in [-0.15, -0.1) is 0 Å². The van der Waals surface area contributed by atoms with Crippen molar-refractivity contribution in [2.24, 2.45) is 0 Å². The number of unbranched alkanes of at least 4 members (excludes halogenated alkanes) is 4. The van der Waals surface area contributed by atoms with Crippen molar-refractivity contribution in [3.63, 3.8) is 0 Å². The summed E-state index contributed by atoms with van der Waals surface area (Å²) in [5, 5.41) is 13.0. The Balaban J connectivity index is 1.72. The van der Waals surface area contributed by atoms with Crippen LogP contribution in [0.3, 0.4) is 0 Å². The highest BCUT2D eigenvalue weighted by Crippen LogP contribution is 2.32. The van der Waals surface area contributed by atoms with Gasteiger partial charge in [0.05, 0.1) is 21.7 Å². The standard InChI is InChI=1S/C30H34Cl2N2O3S/c1-3-5-6-7-8-20-34(30(37)33-27-11-9-10-26(31)28(27)32)22-14-18-24(19-15-22)38-23-16-12-21(13-17-23)25(4-2)29(35)36/h9-19,25H,3-8,20H2,1-2H3,(H,33,37)(H,35,36). The van der Waals surface area contributed by atoms with Crippen LogP contribution in [0, 0.1) is 0 Å². The number of benzene rings is 3. The minimum absolute atomic E-state index is 0.260. The highest BCUT2D eigenvalue weighted by molar-refractivity contribution is 7.99. The monoisotopic (exact) mass is 572 g/mol. The van der Waals surface area contributed by atoms with Crippen molar-refractivity contribution in [2.45, 2.75) is 68.1 Å². The van der Waals surface area contributed by atoms with Crippen molar-refractivity contribution in [3.8, 4) is 0 Å². The molecule has 5 nitrogen and oxygen atoms in total. The van der Waals surface area contributed by atoms with Crippen molar-refractivity contribution in [3.05, 3.63) is 82.3 Å². The predicted octanol–water partition coefficient (Wildman–Crippen LogP) is 9.73. The van der Waals surface area contributed by atoms with Gasteiger partial charge in [-0.1, -0.05) is 92.7 Å². The van der Waals surface area contributed by atoms with Gasteiger partial charge in [-0.05, 0) is 66.9 Å². The SMILES string of the molecule is CCCCCCCN(C(=O)Nc1cccc(Cl)c1Cl)c1ccc(Sc2ccc(C(CC)C(=O)O)cc2)cc1. The van der Waals surface area contributed by atoms with Crippen molar-refractivity contribution < 1.29 is 14.7 Å². The van der Waals surface area contributed by atoms with Crippen LogP contribution in [0.5, 0.6) is 0 Å². The summed E-state index contributed by atoms with van der Waals surface area (Å²) in [6.45, 7) is 4.64. The molecule has 0 aromatic heterocycles. The Hall–Kier alpha value is -2.67. The van der Waals surface area contributed by atoms with Crippen molar-refractivity contribution in [1.29, 1.82) is 0 Å². The zero-order valence-corrected chi connectivity index (χ0v) is 24.1. The quantitative estimate of drug-likeness (QED) is 0.200. The largest absolute Gasteiger partial charge is 0.481 e. The molecular weight excluding hydrogens is 539 g/mol. The van der Waals surface area contributed by atoms with E-state index < -0.39 is 11.9 Å². The number of anilines is 2. The van der Waals surface area contributed by atoms with Crippen LogP contribution in [0.2, 0.25) is 10.0 Å². The van der Waals surface area contributed by atoms with Crippen LogP contribution in [0.4, 0.5) is 16.2 Å². The van der Waals surface area contributed by atoms with E-state index in [0.29, 0.717) is 28.7 Å². The lowest BCUT2D eigenvalue weighted by Gasteiger charge is -2.24. The molecule has 0 saturated carbocycles. The maximum atomic E-state index is 13.3. The Kier molecular flexibility index (Phi) is 11.8. The summed E-state index contributed by atoms with van der Waals surface area (Å²) in [6.07, 6.45) is 6.00. The van der Waals surface area contributed by atoms with Crippen LogP contribution in [0.1, 0.15) is 63.9 Å². The van der Waals surface area contributed by atoms with Crippen LogP contribution in [0.25, 0.3) is 0 Å². The third kappa shape index (κ3) is 8.42. The smallest absolute Gasteiger partial charge is 0.326 e. The highest BCUT2D eigenvalue weighted by atomic mass is 35.5. The third-order valence-corrected chi connectivity index (χ3v) is 8.13. The minimum Gasteiger partial charge on any atom is -0.481 e. The number of hydrogen-bond donors (Lipinski definition) is 2. The highest BCUT2D eigenvalue weighted by Gasteiger charge is 2.19. The van der Waals surface area contributed by atoms with Crippen molar-refractivity contribution in [1.82, 2.24) is 0 Å². The number of hydrogen-bond acceptors (Lipinski definition) is 3. The van der Waals surface area contributed by atoms with E-state index in [9.17, 15) is 14.7 Å². The number of nitrogens with one attached hydrogen (secondary N) is 1. The maximum Gasteiger partial charge on any atom is 0.326 e. The van der Waals surface area contributed by atoms with E-state index in [0.717, 1.165) is 46.7 Å². The van der Waals surface area contributed by atoms with Crippen LogP contribution in [-0.4, -0.2) is 23.7 Å². The molecule has 3 rings (SSSR count). The molecule has 0 aliphatic carbocycles. The Morgan fingerprint density at radius 2 is 1.53 bits per heavy atom. The summed E-state index contributed by atoms with van der Waals surface area (Å²) in [4.78, 5) is 28.5. The van der Waals surface area contributed by atoms with Crippen molar-refractivity contribution in [2.75, 3.05) is 16.8 Å². The first kappa shape index (κ1) is 29.9. The number of carboxylic acid groups (broad SMARTS) is 1. The molecule has 0 radical (unpaired) electrons. The fourth-order valence-electron chi connectivity index (χ4n) is 4.16. The average molecular weight is 574 g/mol. The number of carbonyl (C=O) groups is 2. The molecule has 8 heteroatoms. The summed E-state index contributed by atoms with van der Waals surface area (Å²) in [5.41, 5.74) is 2.08. The van der Waals surface area contributed by atoms with E-state index in [1.165, 1.54) is 6.42 Å². The van der Waals surface area contributed by atoms with Gasteiger partial charge in [-0.3, -0.25) is 9.69 Å². The minimum atomic E-state index is -0.805. The second-order valence-corrected chi connectivity index (χ2v) is 11.0. The van der Waals surface area contributed by atoms with Gasteiger partial charge in [-0.25, -0.2) is 4.79 Å². The van der Waals surface area contributed by atoms with Gasteiger partial charge in [0, 0.05) is 22.0 Å². The molecular formula is C30H34Cl2N2O3S. The zero-order chi connectivity index (χ0) is 27.5. The van der Waals surface area contributed by atoms with E-state index in [2.05, 4.69) is 12.2 Å². The number of carboxylic acids is 1. The molecule has 0 saturated heterocycles. The summed E-state index contributed by atoms with van der Waals surface area (Å²) >= 11 is 14.0. The molecule has 3 aromatic rings. The number of amides is 2. The van der Waals surface area contributed by atoms with Gasteiger partial charge in [0.2, 0.25) is 0 Å². The number of urea groups is 1. The van der Waals surface area contributed by atoms with Gasteiger partial charge in [0.1, 0.15) is 0 Å². The molecule has 1 atom stereocenters. The Morgan fingerprint density at radius 3 is 2.13 bits per heavy atom. The molecule has 0 bridgehead atoms. The van der Waals surface area contributed by atoms with E-state index in [1.54, 1.807) is 34.9 Å². The first-order chi connectivity index (χ1) is 18.3. The first-order valence-corrected chi connectivity index (χ1v) is 14.5. The fraction of sp³-hybridized carbons (Fsp3) is 0.333. The second kappa shape index (κ2) is 15.1. The van der Waals surface area contributed by atoms with E-state index in [4.69, 9.17) is 23.2 Å². The van der Waals surface area contributed by atoms with Crippen molar-refractivity contribution >= 4 is 58.3 Å². The van der Waals surface area contributed by atoms with E-state index in [-0.39, 0.29) is 6.03 Å². The van der Waals surface area contributed by atoms with E-state index in [1.807, 2.05) is 55.5 Å². The molecule has 1 unspecified atom stereocenters. The molecule has 2 N–H and O–H groups in total. The molecule has 0 aliphatic heterocycles. The summed E-state index contributed by atoms with van der Waals surface area (Å²) < 4.78 is 0. The van der Waals surface area contributed by atoms with Gasteiger partial charge in [-0.2, -0.15) is 0 Å². The average Bonchev–Trinajstić information content (AvgIpc) is 2.90. The second-order valence-electron chi connectivity index (χ2n) is 9.06. The molecule has 2 amide bonds. The molecule has 38 heavy (non-hydrogen) atoms. The fourth-order valence-corrected chi connectivity index (χ4v) is 5.32. The molecule has 3 aromatic carbocycles. The number of halogens is 2. The lowest BCUT2D eigenvalue weighted by Crippen LogP contribution is -2.36. The lowest BCUT2D eigenvalue weighted by molar-refractivity contribution is -0.138. The number of nitrogens with zero attached hydrogens (tertiary/aromatic N) is 1. The first-order valence-electron chi connectivity index (χ1n) is 13.0. The van der Waals surface area contributed by atoms with E-state index >= 15 is 0 Å². The summed E-state index contributed by atoms with van der Waals surface area (Å²) in [7, 11) is 0. The summed E-state index contributed by atoms with van der Waals surface area (Å²) in [5.74, 6) is -1.30. The zero-order valence-electron chi connectivity index (χ0n) is 21.8. The number of carbonyl (C=O) groups excluding carboxylic acids is 1. The Morgan fingerprint density at radius 1 is 0.895 bits per heavy atom. The third-order valence-electron chi connectivity index (χ3n) is 6.30. The van der Waals surface area contributed by atoms with Crippen LogP contribution in [-0.2, 0) is 4.79 Å².